The van der Waals surface area contributed by atoms with Crippen molar-refractivity contribution >= 4 is 30.1 Å². The average molecular weight is 514 g/mol. The number of halogens is 1. The zero-order valence-electron chi connectivity index (χ0n) is 21.4. The summed E-state index contributed by atoms with van der Waals surface area (Å²) in [6.45, 7) is 8.65. The van der Waals surface area contributed by atoms with E-state index in [9.17, 15) is 14.7 Å². The van der Waals surface area contributed by atoms with Gasteiger partial charge in [-0.15, -0.1) is 0 Å². The number of hydrogen-bond donors (Lipinski definition) is 3. The smallest absolute Gasteiger partial charge is 0.225 e. The molecule has 36 heavy (non-hydrogen) atoms. The molecule has 3 N–H and O–H groups in total. The number of benzene rings is 1. The van der Waals surface area contributed by atoms with Crippen LogP contribution in [0.5, 0.6) is 0 Å². The molecule has 0 atom stereocenters. The first kappa shape index (κ1) is 27.6. The lowest BCUT2D eigenvalue weighted by molar-refractivity contribution is -0.143. The Morgan fingerprint density at radius 3 is 2.58 bits per heavy atom. The molecule has 1 fully saturated rings. The zero-order valence-corrected chi connectivity index (χ0v) is 22.1. The van der Waals surface area contributed by atoms with E-state index in [0.29, 0.717) is 49.3 Å². The van der Waals surface area contributed by atoms with Gasteiger partial charge in [-0.25, -0.2) is 4.68 Å². The third-order valence-corrected chi connectivity index (χ3v) is 6.65. The predicted octanol–water partition coefficient (Wildman–Crippen LogP) is 3.79. The second kappa shape index (κ2) is 11.8. The van der Waals surface area contributed by atoms with Gasteiger partial charge in [-0.05, 0) is 57.2 Å². The number of carbonyl (C=O) groups excluding carboxylic acids is 2. The fourth-order valence-corrected chi connectivity index (χ4v) is 4.38. The zero-order chi connectivity index (χ0) is 26.5. The Bertz CT molecular complexity index is 1150. The number of rotatable bonds is 11. The quantitative estimate of drug-likeness (QED) is 0.397. The van der Waals surface area contributed by atoms with E-state index in [-0.39, 0.29) is 17.7 Å². The number of aliphatic hydroxyl groups is 1. The topological polar surface area (TPSA) is 111 Å². The van der Waals surface area contributed by atoms with Crippen LogP contribution in [0.2, 0.25) is 5.02 Å². The van der Waals surface area contributed by atoms with Gasteiger partial charge in [0, 0.05) is 41.4 Å². The van der Waals surface area contributed by atoms with E-state index in [0.717, 1.165) is 16.8 Å². The maximum Gasteiger partial charge on any atom is 0.225 e. The lowest BCUT2D eigenvalue weighted by Crippen LogP contribution is -2.53. The number of aliphatic hydroxyl groups excluding tert-OH is 1. The number of nitrogens with one attached hydrogen (secondary N) is 2. The summed E-state index contributed by atoms with van der Waals surface area (Å²) in [5.41, 5.74) is 2.27. The molecule has 1 heterocycles. The molecule has 2 aromatic rings. The Labute approximate surface area is 217 Å². The third-order valence-electron chi connectivity index (χ3n) is 6.39. The molecule has 0 saturated heterocycles. The number of aromatic nitrogens is 2. The molecule has 0 unspecified atom stereocenters. The van der Waals surface area contributed by atoms with Crippen molar-refractivity contribution in [3.8, 4) is 11.3 Å². The van der Waals surface area contributed by atoms with Crippen LogP contribution < -0.4 is 10.8 Å². The molecule has 1 aromatic carbocycles. The molecule has 1 aliphatic carbocycles. The first-order valence-electron chi connectivity index (χ1n) is 12.3. The molecule has 8 nitrogen and oxygen atoms in total. The molecule has 194 valence electrons. The van der Waals surface area contributed by atoms with Crippen molar-refractivity contribution in [3.63, 3.8) is 0 Å². The van der Waals surface area contributed by atoms with E-state index in [1.807, 2.05) is 64.1 Å². The highest BCUT2D eigenvalue weighted by Gasteiger charge is 2.37. The van der Waals surface area contributed by atoms with Crippen LogP contribution in [-0.2, 0) is 9.59 Å². The number of hydrogen-bond acceptors (Lipinski definition) is 5. The van der Waals surface area contributed by atoms with Crippen LogP contribution in [0.3, 0.4) is 0 Å². The van der Waals surface area contributed by atoms with E-state index in [1.54, 1.807) is 15.8 Å². The summed E-state index contributed by atoms with van der Waals surface area (Å²) in [7, 11) is 0. The van der Waals surface area contributed by atoms with Gasteiger partial charge in [0.05, 0.1) is 17.3 Å². The van der Waals surface area contributed by atoms with E-state index < -0.39 is 11.6 Å². The van der Waals surface area contributed by atoms with Crippen molar-refractivity contribution in [1.82, 2.24) is 20.0 Å². The number of amides is 2. The van der Waals surface area contributed by atoms with Crippen LogP contribution in [0, 0.1) is 11.3 Å². The first-order chi connectivity index (χ1) is 17.0. The van der Waals surface area contributed by atoms with E-state index >= 15 is 0 Å². The molecular weight excluding hydrogens is 478 g/mol. The van der Waals surface area contributed by atoms with Crippen LogP contribution in [0.1, 0.15) is 58.4 Å². The Kier molecular flexibility index (Phi) is 9.08. The summed E-state index contributed by atoms with van der Waals surface area (Å²) in [5.74, 6) is -0.0468. The highest BCUT2D eigenvalue weighted by atomic mass is 35.5. The molecular formula is C27H36ClN5O3. The van der Waals surface area contributed by atoms with E-state index in [1.165, 1.54) is 0 Å². The molecule has 0 radical (unpaired) electrons. The van der Waals surface area contributed by atoms with Crippen molar-refractivity contribution in [2.45, 2.75) is 64.5 Å². The largest absolute Gasteiger partial charge is 0.393 e. The van der Waals surface area contributed by atoms with Gasteiger partial charge in [0.2, 0.25) is 12.3 Å². The van der Waals surface area contributed by atoms with Crippen molar-refractivity contribution < 1.29 is 14.7 Å². The van der Waals surface area contributed by atoms with Gasteiger partial charge in [0.25, 0.3) is 0 Å². The van der Waals surface area contributed by atoms with Crippen LogP contribution in [0.15, 0.2) is 36.4 Å². The second-order valence-corrected chi connectivity index (χ2v) is 10.8. The Morgan fingerprint density at radius 1 is 1.33 bits per heavy atom. The van der Waals surface area contributed by atoms with Crippen molar-refractivity contribution in [1.29, 1.82) is 5.41 Å². The fourth-order valence-electron chi connectivity index (χ4n) is 4.25. The minimum atomic E-state index is -0.576. The van der Waals surface area contributed by atoms with Gasteiger partial charge in [-0.1, -0.05) is 43.7 Å². The monoisotopic (exact) mass is 513 g/mol. The van der Waals surface area contributed by atoms with Gasteiger partial charge < -0.3 is 15.3 Å². The van der Waals surface area contributed by atoms with Gasteiger partial charge in [0.15, 0.2) is 0 Å². The predicted molar refractivity (Wildman–Crippen MR) is 141 cm³/mol. The Morgan fingerprint density at radius 2 is 2.00 bits per heavy atom. The lowest BCUT2D eigenvalue weighted by atomic mass is 9.81. The normalized spacial score (nSPS) is 17.8. The molecule has 0 spiro atoms. The molecule has 9 heteroatoms. The maximum atomic E-state index is 13.0. The highest BCUT2D eigenvalue weighted by molar-refractivity contribution is 6.30. The fraction of sp³-hybridized carbons (Fsp3) is 0.481. The summed E-state index contributed by atoms with van der Waals surface area (Å²) in [4.78, 5) is 25.8. The van der Waals surface area contributed by atoms with Gasteiger partial charge in [-0.3, -0.25) is 15.0 Å². The maximum absolute atomic E-state index is 13.0. The van der Waals surface area contributed by atoms with Crippen LogP contribution in [0.25, 0.3) is 17.5 Å². The summed E-state index contributed by atoms with van der Waals surface area (Å²) < 4.78 is 1.56. The third kappa shape index (κ3) is 7.04. The van der Waals surface area contributed by atoms with Crippen molar-refractivity contribution in [3.05, 3.63) is 52.5 Å². The minimum absolute atomic E-state index is 0.00624. The highest BCUT2D eigenvalue weighted by Crippen LogP contribution is 2.29. The Balaban J connectivity index is 1.79. The average Bonchev–Trinajstić information content (AvgIpc) is 2.79. The van der Waals surface area contributed by atoms with Crippen molar-refractivity contribution in [2.24, 2.45) is 5.92 Å². The van der Waals surface area contributed by atoms with Gasteiger partial charge >= 0.3 is 0 Å². The minimum Gasteiger partial charge on any atom is -0.393 e. The van der Waals surface area contributed by atoms with Gasteiger partial charge in [-0.2, -0.15) is 5.10 Å². The standard InChI is InChI=1S/C27H36ClN5O3/c1-18(2)23-15-24(19-7-9-21(28)10-8-19)31-33(25(23)29)12-6-5-11-32(16-27(3,4)30-17-34)26(36)20-13-22(35)14-20/h6-10,12,15,17-18,20,22,29,35H,5,11,13-14,16H2,1-4H3,(H,30,34)/b12-6+,29-25?. The van der Waals surface area contributed by atoms with Crippen molar-refractivity contribution in [2.75, 3.05) is 13.1 Å². The molecule has 3 rings (SSSR count). The molecule has 1 aliphatic rings. The van der Waals surface area contributed by atoms with E-state index in [2.05, 4.69) is 10.4 Å². The summed E-state index contributed by atoms with van der Waals surface area (Å²) >= 11 is 6.04. The first-order valence-corrected chi connectivity index (χ1v) is 12.7. The summed E-state index contributed by atoms with van der Waals surface area (Å²) in [6, 6.07) is 9.38. The number of carbonyl (C=O) groups is 2. The Hall–Kier alpha value is -2.97. The molecule has 0 aliphatic heterocycles. The van der Waals surface area contributed by atoms with Crippen LogP contribution in [-0.4, -0.2) is 56.8 Å². The number of nitrogens with zero attached hydrogens (tertiary/aromatic N) is 3. The van der Waals surface area contributed by atoms with E-state index in [4.69, 9.17) is 17.0 Å². The van der Waals surface area contributed by atoms with Crippen LogP contribution >= 0.6 is 11.6 Å². The van der Waals surface area contributed by atoms with Gasteiger partial charge in [0.1, 0.15) is 5.49 Å². The summed E-state index contributed by atoms with van der Waals surface area (Å²) in [5, 5.41) is 26.3. The molecule has 1 saturated carbocycles. The SMILES string of the molecule is CC(C)c1cc(-c2ccc(Cl)cc2)nn(/C=C/CCN(CC(C)(C)NC=O)C(=O)C2CC(O)C2)c1=N. The summed E-state index contributed by atoms with van der Waals surface area (Å²) in [6.07, 6.45) is 5.40. The molecule has 1 aromatic heterocycles. The molecule has 0 bridgehead atoms. The lowest BCUT2D eigenvalue weighted by Gasteiger charge is -2.38. The molecule has 2 amide bonds. The van der Waals surface area contributed by atoms with Crippen LogP contribution in [0.4, 0.5) is 0 Å². The second-order valence-electron chi connectivity index (χ2n) is 10.3.